The quantitative estimate of drug-likeness (QED) is 0.320. The molecule has 0 bridgehead atoms. The minimum atomic E-state index is -0.324. The topological polar surface area (TPSA) is 134 Å². The molecule has 1 aliphatic heterocycles. The van der Waals surface area contributed by atoms with Gasteiger partial charge in [-0.1, -0.05) is 0 Å². The van der Waals surface area contributed by atoms with Gasteiger partial charge < -0.3 is 26.3 Å². The highest BCUT2D eigenvalue weighted by molar-refractivity contribution is 6.14. The maximum absolute atomic E-state index is 14.5. The number of hydrogen-bond donors (Lipinski definition) is 4. The zero-order valence-corrected chi connectivity index (χ0v) is 18.5. The highest BCUT2D eigenvalue weighted by Gasteiger charge is 2.24. The predicted octanol–water partition coefficient (Wildman–Crippen LogP) is 3.30. The first kappa shape index (κ1) is 20.5. The van der Waals surface area contributed by atoms with Crippen LogP contribution in [0.5, 0.6) is 0 Å². The lowest BCUT2D eigenvalue weighted by Gasteiger charge is -2.31. The maximum Gasteiger partial charge on any atom is 0.231 e. The number of nitrogens with two attached hydrogens (primary N) is 1. The van der Waals surface area contributed by atoms with Crippen LogP contribution in [0, 0.1) is 5.82 Å². The number of anilines is 4. The summed E-state index contributed by atoms with van der Waals surface area (Å²) in [4.78, 5) is 28.0. The monoisotopic (exact) mass is 458 g/mol. The third-order valence-corrected chi connectivity index (χ3v) is 6.19. The van der Waals surface area contributed by atoms with E-state index in [0.717, 1.165) is 48.0 Å². The number of aromatic amines is 1. The summed E-state index contributed by atoms with van der Waals surface area (Å²) in [6.07, 6.45) is 6.62. The first-order valence-corrected chi connectivity index (χ1v) is 11.1. The molecule has 5 aromatic rings. The van der Waals surface area contributed by atoms with Crippen LogP contribution in [0.3, 0.4) is 0 Å². The van der Waals surface area contributed by atoms with Gasteiger partial charge in [-0.2, -0.15) is 9.97 Å². The molecule has 0 radical (unpaired) electrons. The molecule has 5 N–H and O–H groups in total. The van der Waals surface area contributed by atoms with Crippen molar-refractivity contribution >= 4 is 56.2 Å². The summed E-state index contributed by atoms with van der Waals surface area (Å²) in [5.74, 6) is 0.821. The van der Waals surface area contributed by atoms with E-state index in [0.29, 0.717) is 34.1 Å². The second-order valence-corrected chi connectivity index (χ2v) is 8.42. The number of pyridine rings is 1. The van der Waals surface area contributed by atoms with Crippen LogP contribution in [-0.2, 0) is 0 Å². The third kappa shape index (κ3) is 3.50. The van der Waals surface area contributed by atoms with E-state index in [1.807, 2.05) is 6.07 Å². The van der Waals surface area contributed by atoms with Crippen LogP contribution < -0.4 is 21.3 Å². The van der Waals surface area contributed by atoms with Crippen molar-refractivity contribution in [2.24, 2.45) is 5.73 Å². The molecule has 0 spiro atoms. The summed E-state index contributed by atoms with van der Waals surface area (Å²) < 4.78 is 14.5. The van der Waals surface area contributed by atoms with Crippen molar-refractivity contribution in [3.8, 4) is 0 Å². The van der Waals surface area contributed by atoms with Crippen LogP contribution >= 0.6 is 0 Å². The summed E-state index contributed by atoms with van der Waals surface area (Å²) in [5.41, 5.74) is 10.1. The van der Waals surface area contributed by atoms with Crippen molar-refractivity contribution in [1.29, 1.82) is 0 Å². The molecule has 0 atom stereocenters. The van der Waals surface area contributed by atoms with Crippen LogP contribution in [0.25, 0.3) is 33.1 Å². The molecule has 0 amide bonds. The highest BCUT2D eigenvalue weighted by atomic mass is 19.1. The lowest BCUT2D eigenvalue weighted by molar-refractivity contribution is 0.499. The Morgan fingerprint density at radius 3 is 2.74 bits per heavy atom. The summed E-state index contributed by atoms with van der Waals surface area (Å²) in [6.45, 7) is 1.53. The summed E-state index contributed by atoms with van der Waals surface area (Å²) in [6, 6.07) is 5.01. The zero-order chi connectivity index (χ0) is 23.2. The Hall–Kier alpha value is -4.12. The molecule has 11 heteroatoms. The number of nitrogens with zero attached hydrogens (tertiary/aromatic N) is 6. The van der Waals surface area contributed by atoms with E-state index in [2.05, 4.69) is 35.5 Å². The van der Waals surface area contributed by atoms with Crippen molar-refractivity contribution in [3.05, 3.63) is 42.6 Å². The van der Waals surface area contributed by atoms with Gasteiger partial charge in [0.2, 0.25) is 5.95 Å². The van der Waals surface area contributed by atoms with Gasteiger partial charge >= 0.3 is 0 Å². The van der Waals surface area contributed by atoms with Crippen molar-refractivity contribution in [2.75, 3.05) is 35.7 Å². The summed E-state index contributed by atoms with van der Waals surface area (Å²) in [7, 11) is 1.76. The van der Waals surface area contributed by atoms with Crippen LogP contribution in [0.1, 0.15) is 12.8 Å². The molecule has 1 aromatic carbocycles. The zero-order valence-electron chi connectivity index (χ0n) is 18.5. The smallest absolute Gasteiger partial charge is 0.231 e. The SMILES string of the molecule is CNc1cc(F)cc2c1[nH]c1nc(Nc3cnc4nccnc4c3)nc(N3CCC(N)CC3)c12. The number of hydrogen-bond acceptors (Lipinski definition) is 9. The Morgan fingerprint density at radius 2 is 1.91 bits per heavy atom. The van der Waals surface area contributed by atoms with Gasteiger partial charge in [0, 0.05) is 44.0 Å². The number of benzene rings is 1. The van der Waals surface area contributed by atoms with E-state index in [-0.39, 0.29) is 11.9 Å². The number of aromatic nitrogens is 6. The predicted molar refractivity (Wildman–Crippen MR) is 131 cm³/mol. The molecule has 6 rings (SSSR count). The van der Waals surface area contributed by atoms with Crippen LogP contribution in [0.4, 0.5) is 27.5 Å². The average Bonchev–Trinajstić information content (AvgIpc) is 3.21. The number of halogens is 1. The molecule has 172 valence electrons. The molecule has 10 nitrogen and oxygen atoms in total. The van der Waals surface area contributed by atoms with E-state index in [9.17, 15) is 4.39 Å². The van der Waals surface area contributed by atoms with Crippen molar-refractivity contribution in [3.63, 3.8) is 0 Å². The molecule has 1 saturated heterocycles. The van der Waals surface area contributed by atoms with E-state index >= 15 is 0 Å². The lowest BCUT2D eigenvalue weighted by atomic mass is 10.1. The van der Waals surface area contributed by atoms with Gasteiger partial charge in [0.05, 0.1) is 28.5 Å². The molecule has 1 aliphatic rings. The second-order valence-electron chi connectivity index (χ2n) is 8.42. The fourth-order valence-electron chi connectivity index (χ4n) is 4.49. The fraction of sp³-hybridized carbons (Fsp3) is 0.261. The molecule has 1 fully saturated rings. The Kier molecular flexibility index (Phi) is 4.84. The van der Waals surface area contributed by atoms with Gasteiger partial charge in [0.1, 0.15) is 22.8 Å². The van der Waals surface area contributed by atoms with Crippen LogP contribution in [0.2, 0.25) is 0 Å². The summed E-state index contributed by atoms with van der Waals surface area (Å²) >= 11 is 0. The van der Waals surface area contributed by atoms with Gasteiger partial charge in [0.15, 0.2) is 5.65 Å². The number of nitrogens with one attached hydrogen (secondary N) is 3. The minimum absolute atomic E-state index is 0.173. The van der Waals surface area contributed by atoms with Gasteiger partial charge in [0.25, 0.3) is 0 Å². The Morgan fingerprint density at radius 1 is 1.09 bits per heavy atom. The first-order valence-electron chi connectivity index (χ1n) is 11.1. The van der Waals surface area contributed by atoms with Crippen LogP contribution in [-0.4, -0.2) is 56.1 Å². The molecule has 0 saturated carbocycles. The lowest BCUT2D eigenvalue weighted by Crippen LogP contribution is -2.40. The number of fused-ring (bicyclic) bond motifs is 4. The fourth-order valence-corrected chi connectivity index (χ4v) is 4.49. The first-order chi connectivity index (χ1) is 16.6. The third-order valence-electron chi connectivity index (χ3n) is 6.19. The van der Waals surface area contributed by atoms with Crippen molar-refractivity contribution in [2.45, 2.75) is 18.9 Å². The molecule has 34 heavy (non-hydrogen) atoms. The largest absolute Gasteiger partial charge is 0.386 e. The molecule has 4 aromatic heterocycles. The molecule has 0 unspecified atom stereocenters. The van der Waals surface area contributed by atoms with E-state index in [1.165, 1.54) is 12.1 Å². The average molecular weight is 459 g/mol. The molecule has 0 aliphatic carbocycles. The molecule has 5 heterocycles. The van der Waals surface area contributed by atoms with E-state index in [4.69, 9.17) is 15.7 Å². The van der Waals surface area contributed by atoms with Gasteiger partial charge in [-0.3, -0.25) is 4.98 Å². The number of piperidine rings is 1. The number of rotatable bonds is 4. The second kappa shape index (κ2) is 8.03. The van der Waals surface area contributed by atoms with Gasteiger partial charge in [-0.25, -0.2) is 14.4 Å². The Labute approximate surface area is 193 Å². The standard InChI is InChI=1S/C23H23FN10/c1-26-16-9-12(24)8-15-18-21(31-19(15)16)32-23(33-22(18)34-6-2-13(25)3-7-34)30-14-10-17-20(29-11-14)28-5-4-27-17/h4-5,8-11,13,26H,2-3,6-7,25H2,1H3,(H2,30,31,32,33). The van der Waals surface area contributed by atoms with Crippen molar-refractivity contribution in [1.82, 2.24) is 29.9 Å². The molecular weight excluding hydrogens is 435 g/mol. The Bertz CT molecular complexity index is 1520. The van der Waals surface area contributed by atoms with Gasteiger partial charge in [-0.15, -0.1) is 0 Å². The van der Waals surface area contributed by atoms with E-state index in [1.54, 1.807) is 25.6 Å². The normalized spacial score (nSPS) is 14.9. The molecular formula is C23H23FN10. The summed E-state index contributed by atoms with van der Waals surface area (Å²) in [5, 5.41) is 7.83. The minimum Gasteiger partial charge on any atom is -0.386 e. The highest BCUT2D eigenvalue weighted by Crippen LogP contribution is 2.37. The van der Waals surface area contributed by atoms with Crippen molar-refractivity contribution < 1.29 is 4.39 Å². The van der Waals surface area contributed by atoms with E-state index < -0.39 is 0 Å². The van der Waals surface area contributed by atoms with Crippen LogP contribution in [0.15, 0.2) is 36.8 Å². The maximum atomic E-state index is 14.5. The van der Waals surface area contributed by atoms with Gasteiger partial charge in [-0.05, 0) is 31.0 Å². The number of H-pyrrole nitrogens is 1. The Balaban J connectivity index is 1.51.